The van der Waals surface area contributed by atoms with Crippen molar-refractivity contribution in [2.24, 2.45) is 0 Å². The van der Waals surface area contributed by atoms with Crippen LogP contribution in [-0.4, -0.2) is 18.9 Å². The van der Waals surface area contributed by atoms with E-state index in [1.165, 1.54) is 18.2 Å². The van der Waals surface area contributed by atoms with E-state index in [2.05, 4.69) is 10.3 Å². The van der Waals surface area contributed by atoms with Gasteiger partial charge in [-0.25, -0.2) is 8.60 Å². The van der Waals surface area contributed by atoms with Gasteiger partial charge < -0.3 is 15.0 Å². The molecule has 0 amide bonds. The average Bonchev–Trinajstić information content (AvgIpc) is 2.50. The number of phenols is 1. The van der Waals surface area contributed by atoms with Gasteiger partial charge in [0.25, 0.3) is 0 Å². The summed E-state index contributed by atoms with van der Waals surface area (Å²) < 4.78 is 33.7. The summed E-state index contributed by atoms with van der Waals surface area (Å²) in [5, 5.41) is 13.3. The molecule has 1 heterocycles. The maximum absolute atomic E-state index is 13.3. The van der Waals surface area contributed by atoms with Crippen molar-refractivity contribution >= 4 is 33.4 Å². The van der Waals surface area contributed by atoms with Gasteiger partial charge in [0.15, 0.2) is 11.1 Å². The van der Waals surface area contributed by atoms with Gasteiger partial charge in [-0.05, 0) is 36.4 Å². The molecule has 0 radical (unpaired) electrons. The van der Waals surface area contributed by atoms with Crippen molar-refractivity contribution < 1.29 is 18.3 Å². The number of pyridine rings is 1. The van der Waals surface area contributed by atoms with Crippen LogP contribution in [-0.2, 0) is 11.1 Å². The van der Waals surface area contributed by atoms with E-state index in [0.717, 1.165) is 12.1 Å². The van der Waals surface area contributed by atoms with E-state index in [9.17, 15) is 18.3 Å². The van der Waals surface area contributed by atoms with E-state index in [4.69, 9.17) is 0 Å². The SMILES string of the molecule is O=S(O)c1ccc2nccc(Nc3cc(F)ccc3O)c2c1. The smallest absolute Gasteiger partial charge is 0.186 e. The van der Waals surface area contributed by atoms with Crippen LogP contribution in [0.1, 0.15) is 0 Å². The second-order valence-corrected chi connectivity index (χ2v) is 5.54. The molecule has 3 aromatic rings. The van der Waals surface area contributed by atoms with Crippen LogP contribution in [0.4, 0.5) is 15.8 Å². The van der Waals surface area contributed by atoms with Crippen LogP contribution in [0.2, 0.25) is 0 Å². The summed E-state index contributed by atoms with van der Waals surface area (Å²) in [6.07, 6.45) is 1.55. The van der Waals surface area contributed by atoms with Crippen LogP contribution in [0.3, 0.4) is 0 Å². The Morgan fingerprint density at radius 3 is 2.68 bits per heavy atom. The van der Waals surface area contributed by atoms with E-state index in [1.54, 1.807) is 18.3 Å². The van der Waals surface area contributed by atoms with Gasteiger partial charge in [-0.1, -0.05) is 0 Å². The molecule has 1 atom stereocenters. The molecule has 5 nitrogen and oxygen atoms in total. The molecule has 0 bridgehead atoms. The first-order chi connectivity index (χ1) is 10.5. The molecule has 0 fully saturated rings. The number of nitrogens with zero attached hydrogens (tertiary/aromatic N) is 1. The topological polar surface area (TPSA) is 82.5 Å². The molecule has 22 heavy (non-hydrogen) atoms. The predicted octanol–water partition coefficient (Wildman–Crippen LogP) is 3.40. The molecule has 1 unspecified atom stereocenters. The van der Waals surface area contributed by atoms with Crippen molar-refractivity contribution in [1.82, 2.24) is 4.98 Å². The number of benzene rings is 2. The van der Waals surface area contributed by atoms with Gasteiger partial charge >= 0.3 is 0 Å². The number of rotatable bonds is 3. The summed E-state index contributed by atoms with van der Waals surface area (Å²) in [5.41, 5.74) is 1.34. The number of fused-ring (bicyclic) bond motifs is 1. The summed E-state index contributed by atoms with van der Waals surface area (Å²) in [6.45, 7) is 0. The Balaban J connectivity index is 2.12. The molecule has 0 saturated heterocycles. The zero-order valence-electron chi connectivity index (χ0n) is 11.2. The lowest BCUT2D eigenvalue weighted by atomic mass is 10.1. The molecule has 2 aromatic carbocycles. The van der Waals surface area contributed by atoms with Crippen LogP contribution in [0.5, 0.6) is 5.75 Å². The Morgan fingerprint density at radius 2 is 1.91 bits per heavy atom. The van der Waals surface area contributed by atoms with Crippen molar-refractivity contribution in [2.75, 3.05) is 5.32 Å². The quantitative estimate of drug-likeness (QED) is 0.509. The summed E-state index contributed by atoms with van der Waals surface area (Å²) in [5.74, 6) is -0.593. The molecule has 112 valence electrons. The number of nitrogens with one attached hydrogen (secondary N) is 1. The highest BCUT2D eigenvalue weighted by molar-refractivity contribution is 7.79. The second kappa shape index (κ2) is 5.70. The van der Waals surface area contributed by atoms with Crippen molar-refractivity contribution in [2.45, 2.75) is 4.90 Å². The number of hydrogen-bond donors (Lipinski definition) is 3. The Morgan fingerprint density at radius 1 is 1.09 bits per heavy atom. The normalized spacial score (nSPS) is 12.3. The molecule has 0 aliphatic rings. The Hall–Kier alpha value is -2.51. The lowest BCUT2D eigenvalue weighted by Crippen LogP contribution is -1.95. The monoisotopic (exact) mass is 318 g/mol. The number of hydrogen-bond acceptors (Lipinski definition) is 4. The summed E-state index contributed by atoms with van der Waals surface area (Å²) >= 11 is -2.11. The molecule has 3 rings (SSSR count). The summed E-state index contributed by atoms with van der Waals surface area (Å²) in [6, 6.07) is 9.85. The molecular formula is C15H11FN2O3S. The minimum atomic E-state index is -2.11. The fourth-order valence-electron chi connectivity index (χ4n) is 2.10. The average molecular weight is 318 g/mol. The standard InChI is InChI=1S/C15H11FN2O3S/c16-9-1-4-15(19)14(7-9)18-13-5-6-17-12-3-2-10(22(20)21)8-11(12)13/h1-8,19H,(H,17,18)(H,20,21). The molecule has 0 aliphatic heterocycles. The molecule has 0 aliphatic carbocycles. The predicted molar refractivity (Wildman–Crippen MR) is 82.1 cm³/mol. The van der Waals surface area contributed by atoms with Crippen molar-refractivity contribution in [3.63, 3.8) is 0 Å². The fraction of sp³-hybridized carbons (Fsp3) is 0. The fourth-order valence-corrected chi connectivity index (χ4v) is 2.50. The van der Waals surface area contributed by atoms with Crippen LogP contribution in [0.15, 0.2) is 53.6 Å². The maximum Gasteiger partial charge on any atom is 0.186 e. The zero-order chi connectivity index (χ0) is 15.7. The van der Waals surface area contributed by atoms with Crippen LogP contribution in [0, 0.1) is 5.82 Å². The van der Waals surface area contributed by atoms with Gasteiger partial charge in [0.1, 0.15) is 11.6 Å². The lowest BCUT2D eigenvalue weighted by molar-refractivity contribution is 0.475. The molecule has 0 saturated carbocycles. The number of phenolic OH excluding ortho intramolecular Hbond substituents is 1. The van der Waals surface area contributed by atoms with E-state index >= 15 is 0 Å². The minimum Gasteiger partial charge on any atom is -0.506 e. The molecular weight excluding hydrogens is 307 g/mol. The Bertz CT molecular complexity index is 886. The van der Waals surface area contributed by atoms with Crippen LogP contribution in [0.25, 0.3) is 10.9 Å². The van der Waals surface area contributed by atoms with E-state index in [0.29, 0.717) is 16.6 Å². The number of anilines is 2. The van der Waals surface area contributed by atoms with Crippen LogP contribution < -0.4 is 5.32 Å². The second-order valence-electron chi connectivity index (χ2n) is 4.57. The summed E-state index contributed by atoms with van der Waals surface area (Å²) in [4.78, 5) is 4.40. The van der Waals surface area contributed by atoms with Gasteiger partial charge in [0, 0.05) is 23.3 Å². The highest BCUT2D eigenvalue weighted by Gasteiger charge is 2.09. The van der Waals surface area contributed by atoms with E-state index in [-0.39, 0.29) is 16.3 Å². The highest BCUT2D eigenvalue weighted by atomic mass is 32.2. The Kier molecular flexibility index (Phi) is 3.74. The summed E-state index contributed by atoms with van der Waals surface area (Å²) in [7, 11) is 0. The number of halogens is 1. The van der Waals surface area contributed by atoms with Gasteiger partial charge in [0.2, 0.25) is 0 Å². The molecule has 1 aromatic heterocycles. The number of aromatic nitrogens is 1. The van der Waals surface area contributed by atoms with Crippen molar-refractivity contribution in [1.29, 1.82) is 0 Å². The lowest BCUT2D eigenvalue weighted by Gasteiger charge is -2.11. The first-order valence-corrected chi connectivity index (χ1v) is 7.40. The number of aromatic hydroxyl groups is 1. The van der Waals surface area contributed by atoms with Crippen molar-refractivity contribution in [3.8, 4) is 5.75 Å². The van der Waals surface area contributed by atoms with Gasteiger partial charge in [0.05, 0.1) is 16.1 Å². The third-order valence-corrected chi connectivity index (χ3v) is 3.80. The van der Waals surface area contributed by atoms with Gasteiger partial charge in [-0.2, -0.15) is 0 Å². The maximum atomic E-state index is 13.3. The van der Waals surface area contributed by atoms with E-state index < -0.39 is 16.9 Å². The Labute approximate surface area is 127 Å². The minimum absolute atomic E-state index is 0.103. The van der Waals surface area contributed by atoms with Crippen LogP contribution >= 0.6 is 0 Å². The van der Waals surface area contributed by atoms with E-state index in [1.807, 2.05) is 0 Å². The first-order valence-electron chi connectivity index (χ1n) is 6.30. The first kappa shape index (κ1) is 14.4. The molecule has 0 spiro atoms. The zero-order valence-corrected chi connectivity index (χ0v) is 12.0. The third-order valence-electron chi connectivity index (χ3n) is 3.14. The van der Waals surface area contributed by atoms with Gasteiger partial charge in [-0.15, -0.1) is 0 Å². The highest BCUT2D eigenvalue weighted by Crippen LogP contribution is 2.31. The van der Waals surface area contributed by atoms with Gasteiger partial charge in [-0.3, -0.25) is 4.98 Å². The third kappa shape index (κ3) is 2.76. The molecule has 7 heteroatoms. The largest absolute Gasteiger partial charge is 0.506 e. The van der Waals surface area contributed by atoms with Crippen molar-refractivity contribution in [3.05, 3.63) is 54.5 Å². The molecule has 3 N–H and O–H groups in total.